The normalized spacial score (nSPS) is 18.9. The highest BCUT2D eigenvalue weighted by molar-refractivity contribution is 5.73. The summed E-state index contributed by atoms with van der Waals surface area (Å²) >= 11 is 0. The molecular formula is C12H15N3O2. The maximum atomic E-state index is 5.57. The molecule has 0 radical (unpaired) electrons. The van der Waals surface area contributed by atoms with Crippen molar-refractivity contribution < 1.29 is 9.47 Å². The topological polar surface area (TPSA) is 49.2 Å². The third kappa shape index (κ3) is 2.03. The monoisotopic (exact) mass is 233 g/mol. The van der Waals surface area contributed by atoms with Crippen LogP contribution >= 0.6 is 0 Å². The van der Waals surface area contributed by atoms with E-state index in [1.54, 1.807) is 0 Å². The molecule has 0 bridgehead atoms. The number of hydrogen-bond acceptors (Lipinski definition) is 4. The number of benzene rings is 1. The average Bonchev–Trinajstić information content (AvgIpc) is 2.94. The fourth-order valence-electron chi connectivity index (χ4n) is 2.09. The zero-order valence-corrected chi connectivity index (χ0v) is 9.80. The van der Waals surface area contributed by atoms with E-state index < -0.39 is 5.79 Å². The molecule has 0 unspecified atom stereocenters. The van der Waals surface area contributed by atoms with Crippen molar-refractivity contribution in [2.24, 2.45) is 0 Å². The minimum atomic E-state index is -0.465. The number of aryl methyl sites for hydroxylation is 1. The van der Waals surface area contributed by atoms with Gasteiger partial charge in [0.1, 0.15) is 5.52 Å². The molecule has 0 aliphatic carbocycles. The summed E-state index contributed by atoms with van der Waals surface area (Å²) in [6, 6.07) is 7.94. The molecule has 0 atom stereocenters. The lowest BCUT2D eigenvalue weighted by Gasteiger charge is -2.21. The van der Waals surface area contributed by atoms with Crippen molar-refractivity contribution in [3.63, 3.8) is 0 Å². The highest BCUT2D eigenvalue weighted by Crippen LogP contribution is 2.23. The molecule has 5 nitrogen and oxygen atoms in total. The Labute approximate surface area is 99.3 Å². The Morgan fingerprint density at radius 3 is 2.88 bits per heavy atom. The van der Waals surface area contributed by atoms with Crippen LogP contribution in [-0.4, -0.2) is 34.0 Å². The Balaban J connectivity index is 1.76. The van der Waals surface area contributed by atoms with Gasteiger partial charge < -0.3 is 9.47 Å². The van der Waals surface area contributed by atoms with Gasteiger partial charge in [-0.3, -0.25) is 0 Å². The van der Waals surface area contributed by atoms with Gasteiger partial charge in [-0.1, -0.05) is 17.3 Å². The summed E-state index contributed by atoms with van der Waals surface area (Å²) in [5.74, 6) is -0.465. The van der Waals surface area contributed by atoms with E-state index in [9.17, 15) is 0 Å². The number of ether oxygens (including phenoxy) is 2. The van der Waals surface area contributed by atoms with Crippen LogP contribution in [-0.2, 0) is 16.0 Å². The summed E-state index contributed by atoms with van der Waals surface area (Å²) < 4.78 is 13.0. The number of aromatic nitrogens is 3. The maximum absolute atomic E-state index is 5.57. The van der Waals surface area contributed by atoms with Gasteiger partial charge in [-0.2, -0.15) is 0 Å². The molecular weight excluding hydrogens is 218 g/mol. The second-order valence-corrected chi connectivity index (χ2v) is 4.38. The summed E-state index contributed by atoms with van der Waals surface area (Å²) in [5, 5.41) is 8.26. The SMILES string of the molecule is CC1(CCn2nnc3ccccc32)OCCO1. The largest absolute Gasteiger partial charge is 0.348 e. The smallest absolute Gasteiger partial charge is 0.167 e. The molecule has 0 N–H and O–H groups in total. The summed E-state index contributed by atoms with van der Waals surface area (Å²) in [6.45, 7) is 4.07. The van der Waals surface area contributed by atoms with E-state index in [0.29, 0.717) is 13.2 Å². The molecule has 1 aromatic carbocycles. The fraction of sp³-hybridized carbons (Fsp3) is 0.500. The van der Waals surface area contributed by atoms with Crippen LogP contribution in [0.15, 0.2) is 24.3 Å². The van der Waals surface area contributed by atoms with Crippen LogP contribution in [0.4, 0.5) is 0 Å². The van der Waals surface area contributed by atoms with Crippen molar-refractivity contribution in [2.45, 2.75) is 25.7 Å². The molecule has 3 rings (SSSR count). The third-order valence-corrected chi connectivity index (χ3v) is 3.10. The predicted octanol–water partition coefficient (Wildman–Crippen LogP) is 1.58. The Morgan fingerprint density at radius 2 is 2.06 bits per heavy atom. The van der Waals surface area contributed by atoms with Gasteiger partial charge in [-0.15, -0.1) is 5.10 Å². The standard InChI is InChI=1S/C12H15N3O2/c1-12(16-8-9-17-12)6-7-15-11-5-3-2-4-10(11)13-14-15/h2-5H,6-9H2,1H3. The van der Waals surface area contributed by atoms with Crippen molar-refractivity contribution in [1.29, 1.82) is 0 Å². The third-order valence-electron chi connectivity index (χ3n) is 3.10. The minimum absolute atomic E-state index is 0.465. The zero-order valence-electron chi connectivity index (χ0n) is 9.80. The second kappa shape index (κ2) is 4.09. The molecule has 1 fully saturated rings. The first-order valence-corrected chi connectivity index (χ1v) is 5.83. The maximum Gasteiger partial charge on any atom is 0.167 e. The van der Waals surface area contributed by atoms with Crippen molar-refractivity contribution in [3.05, 3.63) is 24.3 Å². The summed E-state index contributed by atoms with van der Waals surface area (Å²) in [5.41, 5.74) is 1.97. The van der Waals surface area contributed by atoms with Gasteiger partial charge in [-0.05, 0) is 19.1 Å². The predicted molar refractivity (Wildman–Crippen MR) is 62.5 cm³/mol. The Hall–Kier alpha value is -1.46. The van der Waals surface area contributed by atoms with Gasteiger partial charge in [-0.25, -0.2) is 4.68 Å². The van der Waals surface area contributed by atoms with Crippen LogP contribution in [0.3, 0.4) is 0 Å². The highest BCUT2D eigenvalue weighted by atomic mass is 16.7. The van der Waals surface area contributed by atoms with E-state index in [4.69, 9.17) is 9.47 Å². The molecule has 5 heteroatoms. The first-order valence-electron chi connectivity index (χ1n) is 5.83. The fourth-order valence-corrected chi connectivity index (χ4v) is 2.09. The van der Waals surface area contributed by atoms with Crippen LogP contribution in [0.25, 0.3) is 11.0 Å². The number of nitrogens with zero attached hydrogens (tertiary/aromatic N) is 3. The van der Waals surface area contributed by atoms with E-state index in [2.05, 4.69) is 10.3 Å². The molecule has 1 aliphatic rings. The molecule has 2 aromatic rings. The Morgan fingerprint density at radius 1 is 1.29 bits per heavy atom. The van der Waals surface area contributed by atoms with Crippen molar-refractivity contribution in [1.82, 2.24) is 15.0 Å². The Kier molecular flexibility index (Phi) is 2.57. The first kappa shape index (κ1) is 10.7. The summed E-state index contributed by atoms with van der Waals surface area (Å²) in [4.78, 5) is 0. The van der Waals surface area contributed by atoms with E-state index in [-0.39, 0.29) is 0 Å². The van der Waals surface area contributed by atoms with Crippen LogP contribution in [0.1, 0.15) is 13.3 Å². The van der Waals surface area contributed by atoms with E-state index in [0.717, 1.165) is 24.0 Å². The lowest BCUT2D eigenvalue weighted by Crippen LogP contribution is -2.27. The van der Waals surface area contributed by atoms with Crippen molar-refractivity contribution in [2.75, 3.05) is 13.2 Å². The van der Waals surface area contributed by atoms with Gasteiger partial charge in [0, 0.05) is 13.0 Å². The molecule has 2 heterocycles. The van der Waals surface area contributed by atoms with Gasteiger partial charge >= 0.3 is 0 Å². The molecule has 1 aliphatic heterocycles. The van der Waals surface area contributed by atoms with E-state index >= 15 is 0 Å². The Bertz CT molecular complexity index is 517. The summed E-state index contributed by atoms with van der Waals surface area (Å²) in [7, 11) is 0. The highest BCUT2D eigenvalue weighted by Gasteiger charge is 2.30. The van der Waals surface area contributed by atoms with E-state index in [1.165, 1.54) is 0 Å². The average molecular weight is 233 g/mol. The van der Waals surface area contributed by atoms with Gasteiger partial charge in [0.15, 0.2) is 5.79 Å². The van der Waals surface area contributed by atoms with Crippen molar-refractivity contribution >= 4 is 11.0 Å². The molecule has 90 valence electrons. The van der Waals surface area contributed by atoms with Crippen LogP contribution in [0, 0.1) is 0 Å². The molecule has 0 spiro atoms. The summed E-state index contributed by atoms with van der Waals surface area (Å²) in [6.07, 6.45) is 0.778. The quantitative estimate of drug-likeness (QED) is 0.807. The van der Waals surface area contributed by atoms with Crippen LogP contribution < -0.4 is 0 Å². The lowest BCUT2D eigenvalue weighted by atomic mass is 10.2. The number of hydrogen-bond donors (Lipinski definition) is 0. The molecule has 1 aromatic heterocycles. The van der Waals surface area contributed by atoms with Crippen LogP contribution in [0.2, 0.25) is 0 Å². The first-order chi connectivity index (χ1) is 8.27. The number of rotatable bonds is 3. The van der Waals surface area contributed by atoms with Gasteiger partial charge in [0.25, 0.3) is 0 Å². The number of para-hydroxylation sites is 1. The molecule has 1 saturated heterocycles. The molecule has 0 amide bonds. The number of fused-ring (bicyclic) bond motifs is 1. The van der Waals surface area contributed by atoms with Crippen molar-refractivity contribution in [3.8, 4) is 0 Å². The second-order valence-electron chi connectivity index (χ2n) is 4.38. The lowest BCUT2D eigenvalue weighted by molar-refractivity contribution is -0.148. The minimum Gasteiger partial charge on any atom is -0.348 e. The molecule has 0 saturated carbocycles. The van der Waals surface area contributed by atoms with Gasteiger partial charge in [0.05, 0.1) is 18.7 Å². The van der Waals surface area contributed by atoms with Gasteiger partial charge in [0.2, 0.25) is 0 Å². The zero-order chi connectivity index (χ0) is 11.7. The molecule has 17 heavy (non-hydrogen) atoms. The van der Waals surface area contributed by atoms with E-state index in [1.807, 2.05) is 35.9 Å². The van der Waals surface area contributed by atoms with Crippen LogP contribution in [0.5, 0.6) is 0 Å².